The minimum atomic E-state index is 0.0335. The van der Waals surface area contributed by atoms with E-state index >= 15 is 0 Å². The van der Waals surface area contributed by atoms with Gasteiger partial charge in [-0.1, -0.05) is 58.4 Å². The van der Waals surface area contributed by atoms with Crippen molar-refractivity contribution in [1.82, 2.24) is 0 Å². The van der Waals surface area contributed by atoms with Gasteiger partial charge in [0.15, 0.2) is 0 Å². The summed E-state index contributed by atoms with van der Waals surface area (Å²) < 4.78 is 0. The number of hydrogen-bond acceptors (Lipinski definition) is 1. The van der Waals surface area contributed by atoms with Gasteiger partial charge in [-0.05, 0) is 23.0 Å². The smallest absolute Gasteiger partial charge is 0.0738 e. The average Bonchev–Trinajstić information content (AvgIpc) is 2.30. The van der Waals surface area contributed by atoms with Crippen LogP contribution >= 0.6 is 0 Å². The predicted octanol–water partition coefficient (Wildman–Crippen LogP) is 4.46. The van der Waals surface area contributed by atoms with E-state index in [0.717, 1.165) is 12.0 Å². The van der Waals surface area contributed by atoms with E-state index in [-0.39, 0.29) is 5.92 Å². The molecule has 16 heavy (non-hydrogen) atoms. The van der Waals surface area contributed by atoms with Crippen molar-refractivity contribution < 1.29 is 0 Å². The molecule has 0 spiro atoms. The molecule has 0 radical (unpaired) electrons. The highest BCUT2D eigenvalue weighted by Gasteiger charge is 2.17. The van der Waals surface area contributed by atoms with E-state index in [1.165, 1.54) is 5.56 Å². The summed E-state index contributed by atoms with van der Waals surface area (Å²) in [7, 11) is 0. The average molecular weight is 215 g/mol. The molecule has 1 aromatic rings. The van der Waals surface area contributed by atoms with Gasteiger partial charge in [-0.25, -0.2) is 0 Å². The van der Waals surface area contributed by atoms with Crippen molar-refractivity contribution in [3.8, 4) is 6.07 Å². The third kappa shape index (κ3) is 2.85. The van der Waals surface area contributed by atoms with Gasteiger partial charge in [0.1, 0.15) is 0 Å². The molecule has 0 saturated carbocycles. The first-order valence-corrected chi connectivity index (χ1v) is 6.09. The second-order valence-electron chi connectivity index (χ2n) is 4.81. The molecule has 2 unspecified atom stereocenters. The Labute approximate surface area is 99.1 Å². The summed E-state index contributed by atoms with van der Waals surface area (Å²) in [5, 5.41) is 9.21. The normalized spacial score (nSPS) is 14.5. The summed E-state index contributed by atoms with van der Waals surface area (Å²) in [6.45, 7) is 8.65. The van der Waals surface area contributed by atoms with Gasteiger partial charge < -0.3 is 0 Å². The van der Waals surface area contributed by atoms with Crippen molar-refractivity contribution in [2.24, 2.45) is 5.92 Å². The highest BCUT2D eigenvalue weighted by molar-refractivity contribution is 5.30. The predicted molar refractivity (Wildman–Crippen MR) is 68.3 cm³/mol. The van der Waals surface area contributed by atoms with Crippen LogP contribution in [-0.2, 0) is 0 Å². The van der Waals surface area contributed by atoms with Crippen molar-refractivity contribution >= 4 is 0 Å². The highest BCUT2D eigenvalue weighted by atomic mass is 14.3. The fourth-order valence-corrected chi connectivity index (χ4v) is 1.85. The van der Waals surface area contributed by atoms with Crippen LogP contribution in [0.1, 0.15) is 57.1 Å². The molecule has 1 nitrogen and oxygen atoms in total. The summed E-state index contributed by atoms with van der Waals surface area (Å²) in [5.41, 5.74) is 2.49. The first-order chi connectivity index (χ1) is 7.60. The molecule has 2 atom stereocenters. The molecular weight excluding hydrogens is 194 g/mol. The number of rotatable bonds is 4. The second kappa shape index (κ2) is 5.70. The molecule has 0 amide bonds. The maximum Gasteiger partial charge on any atom is 0.0738 e. The molecule has 0 bridgehead atoms. The summed E-state index contributed by atoms with van der Waals surface area (Å²) in [4.78, 5) is 0. The van der Waals surface area contributed by atoms with E-state index in [9.17, 15) is 5.26 Å². The van der Waals surface area contributed by atoms with E-state index < -0.39 is 0 Å². The maximum atomic E-state index is 9.21. The minimum Gasteiger partial charge on any atom is -0.198 e. The van der Waals surface area contributed by atoms with E-state index in [2.05, 4.69) is 58.0 Å². The van der Waals surface area contributed by atoms with E-state index in [4.69, 9.17) is 0 Å². The summed E-state index contributed by atoms with van der Waals surface area (Å²) in [6.07, 6.45) is 1.05. The summed E-state index contributed by atoms with van der Waals surface area (Å²) in [6, 6.07) is 10.9. The van der Waals surface area contributed by atoms with Crippen LogP contribution in [0.2, 0.25) is 0 Å². The Kier molecular flexibility index (Phi) is 4.55. The third-order valence-corrected chi connectivity index (χ3v) is 3.31. The van der Waals surface area contributed by atoms with Crippen LogP contribution in [0.5, 0.6) is 0 Å². The quantitative estimate of drug-likeness (QED) is 0.727. The molecule has 0 heterocycles. The molecule has 0 N–H and O–H groups in total. The fraction of sp³-hybridized carbons (Fsp3) is 0.533. The van der Waals surface area contributed by atoms with E-state index in [1.807, 2.05) is 0 Å². The lowest BCUT2D eigenvalue weighted by Crippen LogP contribution is -2.06. The van der Waals surface area contributed by atoms with Crippen molar-refractivity contribution in [2.45, 2.75) is 46.0 Å². The van der Waals surface area contributed by atoms with Crippen molar-refractivity contribution in [2.75, 3.05) is 0 Å². The van der Waals surface area contributed by atoms with Gasteiger partial charge in [-0.2, -0.15) is 5.26 Å². The summed E-state index contributed by atoms with van der Waals surface area (Å²) in [5.74, 6) is 1.01. The van der Waals surface area contributed by atoms with Crippen LogP contribution < -0.4 is 0 Å². The van der Waals surface area contributed by atoms with Gasteiger partial charge in [0, 0.05) is 0 Å². The maximum absolute atomic E-state index is 9.21. The Hall–Kier alpha value is -1.29. The van der Waals surface area contributed by atoms with Gasteiger partial charge >= 0.3 is 0 Å². The van der Waals surface area contributed by atoms with E-state index in [1.54, 1.807) is 0 Å². The largest absolute Gasteiger partial charge is 0.198 e. The van der Waals surface area contributed by atoms with Gasteiger partial charge in [0.05, 0.1) is 12.0 Å². The van der Waals surface area contributed by atoms with Crippen molar-refractivity contribution in [1.29, 1.82) is 5.26 Å². The lowest BCUT2D eigenvalue weighted by molar-refractivity contribution is 0.514. The van der Waals surface area contributed by atoms with Gasteiger partial charge in [0.25, 0.3) is 0 Å². The molecule has 1 heteroatoms. The lowest BCUT2D eigenvalue weighted by Gasteiger charge is -2.16. The van der Waals surface area contributed by atoms with E-state index in [0.29, 0.717) is 11.8 Å². The Morgan fingerprint density at radius 3 is 1.94 bits per heavy atom. The van der Waals surface area contributed by atoms with Crippen molar-refractivity contribution in [3.05, 3.63) is 35.4 Å². The molecule has 0 aromatic heterocycles. The van der Waals surface area contributed by atoms with Gasteiger partial charge in [0.2, 0.25) is 0 Å². The van der Waals surface area contributed by atoms with Gasteiger partial charge in [-0.15, -0.1) is 0 Å². The van der Waals surface area contributed by atoms with Crippen LogP contribution in [0.25, 0.3) is 0 Å². The number of nitriles is 1. The molecule has 0 saturated heterocycles. The zero-order valence-electron chi connectivity index (χ0n) is 10.7. The van der Waals surface area contributed by atoms with Crippen LogP contribution in [0.15, 0.2) is 24.3 Å². The second-order valence-corrected chi connectivity index (χ2v) is 4.81. The first-order valence-electron chi connectivity index (χ1n) is 6.09. The standard InChI is InChI=1S/C15H21N/c1-5-12(4)15(10-16)14-8-6-13(7-9-14)11(2)3/h6-9,11-12,15H,5H2,1-4H3. The monoisotopic (exact) mass is 215 g/mol. The minimum absolute atomic E-state index is 0.0335. The Balaban J connectivity index is 2.92. The Morgan fingerprint density at radius 2 is 1.56 bits per heavy atom. The Bertz CT molecular complexity index is 356. The Morgan fingerprint density at radius 1 is 1.06 bits per heavy atom. The molecule has 86 valence electrons. The van der Waals surface area contributed by atoms with Crippen LogP contribution in [0.4, 0.5) is 0 Å². The number of nitrogens with zero attached hydrogens (tertiary/aromatic N) is 1. The molecule has 0 fully saturated rings. The topological polar surface area (TPSA) is 23.8 Å². The molecule has 0 aliphatic rings. The highest BCUT2D eigenvalue weighted by Crippen LogP contribution is 2.27. The number of hydrogen-bond donors (Lipinski definition) is 0. The van der Waals surface area contributed by atoms with Crippen molar-refractivity contribution in [3.63, 3.8) is 0 Å². The van der Waals surface area contributed by atoms with Crippen LogP contribution in [0, 0.1) is 17.2 Å². The molecular formula is C15H21N. The zero-order valence-corrected chi connectivity index (χ0v) is 10.7. The fourth-order valence-electron chi connectivity index (χ4n) is 1.85. The molecule has 0 aliphatic heterocycles. The zero-order chi connectivity index (χ0) is 12.1. The number of benzene rings is 1. The summed E-state index contributed by atoms with van der Waals surface area (Å²) >= 11 is 0. The van der Waals surface area contributed by atoms with Crippen LogP contribution in [0.3, 0.4) is 0 Å². The molecule has 1 aromatic carbocycles. The molecule has 0 aliphatic carbocycles. The van der Waals surface area contributed by atoms with Gasteiger partial charge in [-0.3, -0.25) is 0 Å². The SMILES string of the molecule is CCC(C)C(C#N)c1ccc(C(C)C)cc1. The lowest BCUT2D eigenvalue weighted by atomic mass is 9.86. The first kappa shape index (κ1) is 12.8. The van der Waals surface area contributed by atoms with Crippen LogP contribution in [-0.4, -0.2) is 0 Å². The molecule has 1 rings (SSSR count). The third-order valence-electron chi connectivity index (χ3n) is 3.31.